The molecule has 8 nitrogen and oxygen atoms in total. The summed E-state index contributed by atoms with van der Waals surface area (Å²) in [6.45, 7) is 14.5. The summed E-state index contributed by atoms with van der Waals surface area (Å²) in [7, 11) is 0. The number of hydrogen-bond donors (Lipinski definition) is 0. The van der Waals surface area contributed by atoms with Gasteiger partial charge in [-0.2, -0.15) is 0 Å². The summed E-state index contributed by atoms with van der Waals surface area (Å²) in [5, 5.41) is 19.5. The Bertz CT molecular complexity index is 1650. The summed E-state index contributed by atoms with van der Waals surface area (Å²) in [6, 6.07) is 8.52. The van der Waals surface area contributed by atoms with E-state index >= 15 is 0 Å². The number of aliphatic imine (C=N–C) groups is 2. The summed E-state index contributed by atoms with van der Waals surface area (Å²) in [6.07, 6.45) is 11.0. The molecule has 0 amide bonds. The Morgan fingerprint density at radius 3 is 1.48 bits per heavy atom. The van der Waals surface area contributed by atoms with Gasteiger partial charge in [0.1, 0.15) is 12.1 Å². The van der Waals surface area contributed by atoms with Gasteiger partial charge in [0.15, 0.2) is 0 Å². The molecule has 0 atom stereocenters. The Hall–Kier alpha value is -4.22. The Labute approximate surface area is 240 Å². The van der Waals surface area contributed by atoms with Crippen LogP contribution in [0, 0.1) is 35.8 Å². The van der Waals surface area contributed by atoms with Crippen molar-refractivity contribution in [2.75, 3.05) is 0 Å². The highest BCUT2D eigenvalue weighted by Gasteiger charge is 2.52. The fourth-order valence-electron chi connectivity index (χ4n) is 7.40. The number of benzene rings is 1. The van der Waals surface area contributed by atoms with Gasteiger partial charge in [-0.3, -0.25) is 0 Å². The molecule has 7 rings (SSSR count). The van der Waals surface area contributed by atoms with Crippen LogP contribution < -0.4 is 0 Å². The van der Waals surface area contributed by atoms with Crippen LogP contribution >= 0.6 is 22.7 Å². The van der Waals surface area contributed by atoms with E-state index in [1.807, 2.05) is 12.1 Å². The molecular formula is C30H22N8S2. The van der Waals surface area contributed by atoms with E-state index in [1.165, 1.54) is 57.8 Å². The molecule has 4 aliphatic rings. The fourth-order valence-corrected chi connectivity index (χ4v) is 9.54. The first-order valence-corrected chi connectivity index (χ1v) is 15.1. The van der Waals surface area contributed by atoms with E-state index in [0.717, 1.165) is 72.5 Å². The topological polar surface area (TPSA) is 107 Å². The number of aromatic nitrogens is 2. The number of fused-ring (bicyclic) bond motifs is 10. The van der Waals surface area contributed by atoms with Gasteiger partial charge >= 0.3 is 21.9 Å². The second kappa shape index (κ2) is 9.17. The third kappa shape index (κ3) is 3.37. The molecular weight excluding hydrogens is 537 g/mol. The molecule has 0 unspecified atom stereocenters. The van der Waals surface area contributed by atoms with Crippen LogP contribution in [0.1, 0.15) is 86.7 Å². The summed E-state index contributed by atoms with van der Waals surface area (Å²) in [5.74, 6) is -0.376. The van der Waals surface area contributed by atoms with Crippen molar-refractivity contribution >= 4 is 44.6 Å². The van der Waals surface area contributed by atoms with E-state index in [9.17, 15) is 10.5 Å². The molecule has 0 aliphatic heterocycles. The maximum absolute atomic E-state index is 9.28. The largest absolute Gasteiger partial charge is 0.352 e. The van der Waals surface area contributed by atoms with Crippen LogP contribution in [0.3, 0.4) is 0 Å². The first-order chi connectivity index (χ1) is 19.6. The van der Waals surface area contributed by atoms with Gasteiger partial charge in [-0.15, -0.1) is 0 Å². The Morgan fingerprint density at radius 1 is 0.725 bits per heavy atom. The summed E-state index contributed by atoms with van der Waals surface area (Å²) >= 11 is 2.98. The van der Waals surface area contributed by atoms with E-state index < -0.39 is 0 Å². The van der Waals surface area contributed by atoms with Crippen molar-refractivity contribution in [1.82, 2.24) is 9.97 Å². The lowest BCUT2D eigenvalue weighted by molar-refractivity contribution is 0.343. The number of thiazole rings is 2. The highest BCUT2D eigenvalue weighted by molar-refractivity contribution is 7.19. The molecule has 10 heteroatoms. The van der Waals surface area contributed by atoms with E-state index in [4.69, 9.17) is 23.1 Å². The Kier molecular flexibility index (Phi) is 5.69. The van der Waals surface area contributed by atoms with Crippen LogP contribution in [0.4, 0.5) is 10.3 Å². The highest BCUT2D eigenvalue weighted by Crippen LogP contribution is 2.64. The van der Waals surface area contributed by atoms with E-state index in [0.29, 0.717) is 10.3 Å². The number of hydrogen-bond acceptors (Lipinski definition) is 8. The van der Waals surface area contributed by atoms with Gasteiger partial charge in [0.25, 0.3) is 0 Å². The summed E-state index contributed by atoms with van der Waals surface area (Å²) < 4.78 is 0. The third-order valence-corrected chi connectivity index (χ3v) is 11.0. The van der Waals surface area contributed by atoms with Crippen LogP contribution in [0.2, 0.25) is 0 Å². The molecule has 2 fully saturated rings. The van der Waals surface area contributed by atoms with E-state index in [2.05, 4.69) is 31.8 Å². The molecule has 2 spiro atoms. The normalized spacial score (nSPS) is 19.6. The van der Waals surface area contributed by atoms with E-state index in [-0.39, 0.29) is 22.5 Å². The van der Waals surface area contributed by atoms with Crippen molar-refractivity contribution in [3.8, 4) is 33.0 Å². The molecule has 4 aliphatic carbocycles. The first kappa shape index (κ1) is 24.8. The van der Waals surface area contributed by atoms with Crippen molar-refractivity contribution in [1.29, 1.82) is 10.5 Å². The minimum absolute atomic E-state index is 0.188. The van der Waals surface area contributed by atoms with Crippen molar-refractivity contribution in [3.63, 3.8) is 0 Å². The molecule has 1 aromatic carbocycles. The zero-order valence-corrected chi connectivity index (χ0v) is 23.3. The monoisotopic (exact) mass is 558 g/mol. The maximum atomic E-state index is 9.28. The molecule has 194 valence electrons. The van der Waals surface area contributed by atoms with Crippen LogP contribution in [0.15, 0.2) is 22.1 Å². The predicted molar refractivity (Wildman–Crippen MR) is 155 cm³/mol. The van der Waals surface area contributed by atoms with Crippen LogP contribution in [-0.2, 0) is 10.8 Å². The SMILES string of the molecule is [C-]#[N+]C(C#N)=Nc1nc2c(s1)-c1cc3c(cc1C21CCCCC1)-c1sc(N=C(C#N)[N+]#[C-])nc1C31CCCCC1. The zero-order chi connectivity index (χ0) is 27.5. The lowest BCUT2D eigenvalue weighted by Gasteiger charge is -2.36. The van der Waals surface area contributed by atoms with Gasteiger partial charge in [0.05, 0.1) is 21.1 Å². The van der Waals surface area contributed by atoms with Crippen molar-refractivity contribution in [3.05, 3.63) is 57.5 Å². The Balaban J connectivity index is 1.46. The first-order valence-electron chi connectivity index (χ1n) is 13.5. The molecule has 0 saturated heterocycles. The van der Waals surface area contributed by atoms with Gasteiger partial charge in [0.2, 0.25) is 0 Å². The molecule has 2 aromatic heterocycles. The average molecular weight is 559 g/mol. The highest BCUT2D eigenvalue weighted by atomic mass is 32.1. The van der Waals surface area contributed by atoms with Crippen molar-refractivity contribution in [2.45, 2.75) is 75.0 Å². The average Bonchev–Trinajstić information content (AvgIpc) is 3.72. The second-order valence-corrected chi connectivity index (χ2v) is 12.9. The molecule has 2 heterocycles. The van der Waals surface area contributed by atoms with Gasteiger partial charge in [-0.05, 0) is 60.1 Å². The van der Waals surface area contributed by atoms with Crippen molar-refractivity contribution < 1.29 is 0 Å². The van der Waals surface area contributed by atoms with Gasteiger partial charge in [-0.1, -0.05) is 84.3 Å². The second-order valence-electron chi connectivity index (χ2n) is 10.9. The third-order valence-electron chi connectivity index (χ3n) is 9.05. The van der Waals surface area contributed by atoms with Gasteiger partial charge in [-0.25, -0.2) is 20.5 Å². The molecule has 0 radical (unpaired) electrons. The maximum Gasteiger partial charge on any atom is 0.352 e. The van der Waals surface area contributed by atoms with E-state index in [1.54, 1.807) is 0 Å². The van der Waals surface area contributed by atoms with Crippen LogP contribution in [0.5, 0.6) is 0 Å². The quantitative estimate of drug-likeness (QED) is 0.180. The molecule has 2 saturated carbocycles. The number of amidine groups is 2. The van der Waals surface area contributed by atoms with Crippen LogP contribution in [0.25, 0.3) is 30.6 Å². The summed E-state index contributed by atoms with van der Waals surface area (Å²) in [5.41, 5.74) is 6.79. The van der Waals surface area contributed by atoms with Crippen molar-refractivity contribution in [2.24, 2.45) is 9.98 Å². The number of rotatable bonds is 2. The number of nitriles is 2. The minimum atomic E-state index is -0.195. The molecule has 0 bridgehead atoms. The lowest BCUT2D eigenvalue weighted by atomic mass is 9.67. The molecule has 3 aromatic rings. The Morgan fingerprint density at radius 2 is 1.12 bits per heavy atom. The standard InChI is InChI=1S/C30H22N8S2/c1-33-21(15-31)35-27-37-25-23(39-27)17-13-20-18(14-19(17)29(25)9-5-3-6-10-29)24-26(30(20)11-7-4-8-12-30)38-28(40-24)36-22(16-32)34-2/h13-14H,3-12H2. The molecule has 0 N–H and O–H groups in total. The zero-order valence-electron chi connectivity index (χ0n) is 21.6. The molecule has 40 heavy (non-hydrogen) atoms. The predicted octanol–water partition coefficient (Wildman–Crippen LogP) is 8.01. The van der Waals surface area contributed by atoms with Gasteiger partial charge < -0.3 is 9.69 Å². The van der Waals surface area contributed by atoms with Gasteiger partial charge in [0, 0.05) is 10.8 Å². The summed E-state index contributed by atoms with van der Waals surface area (Å²) in [4.78, 5) is 27.2. The minimum Gasteiger partial charge on any atom is -0.351 e. The fraction of sp³-hybridized carbons (Fsp3) is 0.400. The van der Waals surface area contributed by atoms with Crippen LogP contribution in [-0.4, -0.2) is 21.6 Å². The smallest absolute Gasteiger partial charge is 0.351 e. The lowest BCUT2D eigenvalue weighted by Crippen LogP contribution is -2.30. The number of nitrogens with zero attached hydrogens (tertiary/aromatic N) is 8.